The van der Waals surface area contributed by atoms with Gasteiger partial charge in [-0.05, 0) is 36.4 Å². The van der Waals surface area contributed by atoms with Crippen molar-refractivity contribution in [1.82, 2.24) is 0 Å². The average Bonchev–Trinajstić information content (AvgIpc) is 2.56. The molecule has 0 fully saturated rings. The van der Waals surface area contributed by atoms with Crippen molar-refractivity contribution in [3.05, 3.63) is 54.6 Å². The van der Waals surface area contributed by atoms with Crippen LogP contribution in [-0.4, -0.2) is 35.7 Å². The fourth-order valence-electron chi connectivity index (χ4n) is 1.89. The van der Waals surface area contributed by atoms with Gasteiger partial charge >= 0.3 is 0 Å². The van der Waals surface area contributed by atoms with Crippen LogP contribution in [0.4, 0.5) is 0 Å². The van der Waals surface area contributed by atoms with Gasteiger partial charge in [-0.25, -0.2) is 16.8 Å². The predicted molar refractivity (Wildman–Crippen MR) is 82.4 cm³/mol. The minimum Gasteiger partial charge on any atom is -0.467 e. The van der Waals surface area contributed by atoms with Gasteiger partial charge in [-0.15, -0.1) is 0 Å². The maximum Gasteiger partial charge on any atom is 0.293 e. The summed E-state index contributed by atoms with van der Waals surface area (Å²) in [6.45, 7) is -0.0824. The molecule has 0 N–H and O–H groups in total. The Labute approximate surface area is 134 Å². The summed E-state index contributed by atoms with van der Waals surface area (Å²) in [6.07, 6.45) is 0. The second-order valence-corrected chi connectivity index (χ2v) is 8.63. The molecule has 2 rings (SSSR count). The van der Waals surface area contributed by atoms with Crippen LogP contribution < -0.4 is 0 Å². The summed E-state index contributed by atoms with van der Waals surface area (Å²) < 4.78 is 53.2. The van der Waals surface area contributed by atoms with Crippen LogP contribution in [0.2, 0.25) is 0 Å². The Morgan fingerprint density at radius 3 is 1.87 bits per heavy atom. The highest BCUT2D eigenvalue weighted by atomic mass is 32.2. The van der Waals surface area contributed by atoms with Gasteiger partial charge in [-0.3, -0.25) is 4.79 Å². The molecule has 2 aromatic carbocycles. The van der Waals surface area contributed by atoms with E-state index >= 15 is 0 Å². The van der Waals surface area contributed by atoms with Gasteiger partial charge in [0.1, 0.15) is 6.61 Å². The molecular formula is C15H14O6S2. The zero-order valence-corrected chi connectivity index (χ0v) is 13.6. The van der Waals surface area contributed by atoms with E-state index in [4.69, 9.17) is 0 Å². The second-order valence-electron chi connectivity index (χ2n) is 4.57. The highest BCUT2D eigenvalue weighted by Gasteiger charge is 2.19. The average molecular weight is 354 g/mol. The minimum atomic E-state index is -3.69. The number of hydrogen-bond acceptors (Lipinski definition) is 6. The highest BCUT2D eigenvalue weighted by molar-refractivity contribution is 7.92. The fraction of sp³-hybridized carbons (Fsp3) is 0.133. The Bertz CT molecular complexity index is 869. The van der Waals surface area contributed by atoms with Crippen LogP contribution in [0.3, 0.4) is 0 Å². The van der Waals surface area contributed by atoms with Crippen molar-refractivity contribution in [2.24, 2.45) is 0 Å². The summed E-state index contributed by atoms with van der Waals surface area (Å²) in [4.78, 5) is 10.1. The second kappa shape index (κ2) is 6.93. The lowest BCUT2D eigenvalue weighted by atomic mass is 10.4. The van der Waals surface area contributed by atoms with E-state index in [9.17, 15) is 21.6 Å². The molecule has 0 amide bonds. The Hall–Kier alpha value is -2.19. The maximum absolute atomic E-state index is 12.4. The number of benzene rings is 2. The first kappa shape index (κ1) is 17.2. The van der Waals surface area contributed by atoms with Gasteiger partial charge in [0, 0.05) is 0 Å². The number of hydrogen-bond donors (Lipinski definition) is 0. The van der Waals surface area contributed by atoms with Crippen LogP contribution in [0.15, 0.2) is 69.3 Å². The maximum atomic E-state index is 12.4. The number of rotatable bonds is 7. The smallest absolute Gasteiger partial charge is 0.293 e. The van der Waals surface area contributed by atoms with E-state index < -0.39 is 19.7 Å². The molecule has 0 saturated carbocycles. The van der Waals surface area contributed by atoms with Gasteiger partial charge in [0.15, 0.2) is 9.84 Å². The normalized spacial score (nSPS) is 11.8. The zero-order valence-electron chi connectivity index (χ0n) is 12.0. The molecule has 8 heteroatoms. The van der Waals surface area contributed by atoms with Gasteiger partial charge in [0.25, 0.3) is 6.47 Å². The van der Waals surface area contributed by atoms with E-state index in [0.717, 1.165) is 0 Å². The third-order valence-electron chi connectivity index (χ3n) is 3.08. The monoisotopic (exact) mass is 354 g/mol. The Morgan fingerprint density at radius 1 is 0.783 bits per heavy atom. The molecule has 0 bridgehead atoms. The summed E-state index contributed by atoms with van der Waals surface area (Å²) in [5.41, 5.74) is 0. The molecule has 0 aliphatic heterocycles. The van der Waals surface area contributed by atoms with E-state index in [1.807, 2.05) is 0 Å². The van der Waals surface area contributed by atoms with Crippen molar-refractivity contribution in [3.63, 3.8) is 0 Å². The summed E-state index contributed by atoms with van der Waals surface area (Å²) >= 11 is 0. The van der Waals surface area contributed by atoms with Crippen LogP contribution in [0.5, 0.6) is 0 Å². The summed E-state index contributed by atoms with van der Waals surface area (Å²) in [5, 5.41) is 0. The first-order valence-corrected chi connectivity index (χ1v) is 9.70. The Kier molecular flexibility index (Phi) is 5.17. The number of sulfone groups is 2. The van der Waals surface area contributed by atoms with E-state index in [-0.39, 0.29) is 33.5 Å². The van der Waals surface area contributed by atoms with Gasteiger partial charge in [0.05, 0.1) is 20.4 Å². The Balaban J connectivity index is 2.28. The standard InChI is InChI=1S/C15H14O6S2/c16-12-21-10-11-22(17,18)13-6-8-15(9-7-13)23(19,20)14-4-2-1-3-5-14/h1-9,12H,10-11H2. The number of ether oxygens (including phenoxy) is 1. The third-order valence-corrected chi connectivity index (χ3v) is 6.56. The molecule has 0 aliphatic carbocycles. The van der Waals surface area contributed by atoms with E-state index in [1.54, 1.807) is 18.2 Å². The lowest BCUT2D eigenvalue weighted by Gasteiger charge is -2.07. The van der Waals surface area contributed by atoms with Crippen molar-refractivity contribution in [2.75, 3.05) is 12.4 Å². The van der Waals surface area contributed by atoms with Gasteiger partial charge < -0.3 is 4.74 Å². The van der Waals surface area contributed by atoms with Crippen LogP contribution in [-0.2, 0) is 29.2 Å². The molecule has 122 valence electrons. The van der Waals surface area contributed by atoms with Crippen LogP contribution in [0.1, 0.15) is 0 Å². The van der Waals surface area contributed by atoms with Crippen LogP contribution >= 0.6 is 0 Å². The van der Waals surface area contributed by atoms with E-state index in [0.29, 0.717) is 0 Å². The minimum absolute atomic E-state index is 0.00629. The molecule has 23 heavy (non-hydrogen) atoms. The number of carbonyl (C=O) groups is 1. The first-order valence-electron chi connectivity index (χ1n) is 6.56. The van der Waals surface area contributed by atoms with Gasteiger partial charge in [-0.1, -0.05) is 18.2 Å². The highest BCUT2D eigenvalue weighted by Crippen LogP contribution is 2.22. The summed E-state index contributed by atoms with van der Waals surface area (Å²) in [6, 6.07) is 12.8. The van der Waals surface area contributed by atoms with Crippen molar-refractivity contribution in [2.45, 2.75) is 14.7 Å². The summed E-state index contributed by atoms with van der Waals surface area (Å²) in [5.74, 6) is -0.365. The molecule has 0 spiro atoms. The lowest BCUT2D eigenvalue weighted by Crippen LogP contribution is -2.12. The topological polar surface area (TPSA) is 94.6 Å². The molecule has 0 radical (unpaired) electrons. The first-order chi connectivity index (χ1) is 10.9. The third kappa shape index (κ3) is 3.96. The van der Waals surface area contributed by atoms with Gasteiger partial charge in [0.2, 0.25) is 9.84 Å². The van der Waals surface area contributed by atoms with Crippen LogP contribution in [0, 0.1) is 0 Å². The molecule has 0 aliphatic rings. The molecule has 6 nitrogen and oxygen atoms in total. The predicted octanol–water partition coefficient (Wildman–Crippen LogP) is 1.47. The van der Waals surface area contributed by atoms with E-state index in [2.05, 4.69) is 4.74 Å². The van der Waals surface area contributed by atoms with Crippen molar-refractivity contribution in [1.29, 1.82) is 0 Å². The zero-order chi connectivity index (χ0) is 16.9. The van der Waals surface area contributed by atoms with Crippen molar-refractivity contribution < 1.29 is 26.4 Å². The summed E-state index contributed by atoms with van der Waals surface area (Å²) in [7, 11) is -7.33. The molecule has 2 aromatic rings. The molecule has 0 heterocycles. The quantitative estimate of drug-likeness (QED) is 0.552. The SMILES string of the molecule is O=COCCS(=O)(=O)c1ccc(S(=O)(=O)c2ccccc2)cc1. The molecular weight excluding hydrogens is 340 g/mol. The van der Waals surface area contributed by atoms with Crippen molar-refractivity contribution >= 4 is 26.1 Å². The van der Waals surface area contributed by atoms with E-state index in [1.165, 1.54) is 36.4 Å². The molecule has 0 atom stereocenters. The molecule has 0 aromatic heterocycles. The Morgan fingerprint density at radius 2 is 1.30 bits per heavy atom. The van der Waals surface area contributed by atoms with Crippen molar-refractivity contribution in [3.8, 4) is 0 Å². The lowest BCUT2D eigenvalue weighted by molar-refractivity contribution is -0.128. The molecule has 0 saturated heterocycles. The molecule has 0 unspecified atom stereocenters. The largest absolute Gasteiger partial charge is 0.467 e. The number of carbonyl (C=O) groups excluding carboxylic acids is 1. The van der Waals surface area contributed by atoms with Gasteiger partial charge in [-0.2, -0.15) is 0 Å². The van der Waals surface area contributed by atoms with Crippen LogP contribution in [0.25, 0.3) is 0 Å². The fourth-order valence-corrected chi connectivity index (χ4v) is 4.27.